The zero-order chi connectivity index (χ0) is 14.8. The molecule has 1 aliphatic rings. The number of anilines is 1. The Bertz CT molecular complexity index is 651. The summed E-state index contributed by atoms with van der Waals surface area (Å²) in [6, 6.07) is 5.62. The van der Waals surface area contributed by atoms with Crippen molar-refractivity contribution in [2.45, 2.75) is 32.6 Å². The average Bonchev–Trinajstić information content (AvgIpc) is 2.68. The van der Waals surface area contributed by atoms with Crippen molar-refractivity contribution in [1.29, 1.82) is 0 Å². The molecule has 0 bridgehead atoms. The number of fused-ring (bicyclic) bond motifs is 1. The molecule has 3 rings (SSSR count). The molecule has 2 aromatic rings. The van der Waals surface area contributed by atoms with E-state index in [-0.39, 0.29) is 0 Å². The summed E-state index contributed by atoms with van der Waals surface area (Å²) in [6.45, 7) is 3.12. The largest absolute Gasteiger partial charge is 0.494 e. The van der Waals surface area contributed by atoms with Gasteiger partial charge in [-0.05, 0) is 43.9 Å². The highest BCUT2D eigenvalue weighted by atomic mass is 35.5. The number of hydrogen-bond acceptors (Lipinski definition) is 3. The minimum atomic E-state index is 0.682. The molecule has 0 radical (unpaired) electrons. The van der Waals surface area contributed by atoms with E-state index in [4.69, 9.17) is 21.4 Å². The Morgan fingerprint density at radius 3 is 3.00 bits per heavy atom. The fraction of sp³-hybridized carbons (Fsp3) is 0.438. The van der Waals surface area contributed by atoms with Crippen molar-refractivity contribution in [3.63, 3.8) is 0 Å². The van der Waals surface area contributed by atoms with Gasteiger partial charge >= 0.3 is 0 Å². The van der Waals surface area contributed by atoms with E-state index >= 15 is 0 Å². The lowest BCUT2D eigenvalue weighted by molar-refractivity contribution is 0.412. The summed E-state index contributed by atoms with van der Waals surface area (Å²) >= 11 is 6.16. The minimum Gasteiger partial charge on any atom is -0.494 e. The molecule has 0 saturated carbocycles. The minimum absolute atomic E-state index is 0.682. The van der Waals surface area contributed by atoms with Crippen LogP contribution in [0.5, 0.6) is 5.75 Å². The zero-order valence-corrected chi connectivity index (χ0v) is 13.2. The van der Waals surface area contributed by atoms with Gasteiger partial charge in [-0.25, -0.2) is 4.68 Å². The Kier molecular flexibility index (Phi) is 4.06. The molecule has 1 aromatic heterocycles. The predicted molar refractivity (Wildman–Crippen MR) is 85.9 cm³/mol. The molecule has 1 aliphatic heterocycles. The van der Waals surface area contributed by atoms with Crippen LogP contribution in [-0.4, -0.2) is 23.4 Å². The molecule has 5 heteroatoms. The Balaban J connectivity index is 2.19. The van der Waals surface area contributed by atoms with Crippen molar-refractivity contribution >= 4 is 17.4 Å². The fourth-order valence-electron chi connectivity index (χ4n) is 2.86. The molecule has 2 heterocycles. The van der Waals surface area contributed by atoms with Crippen molar-refractivity contribution in [1.82, 2.24) is 9.78 Å². The van der Waals surface area contributed by atoms with Crippen LogP contribution < -0.4 is 10.1 Å². The van der Waals surface area contributed by atoms with Crippen molar-refractivity contribution in [3.05, 3.63) is 34.5 Å². The molecule has 0 spiro atoms. The molecule has 0 fully saturated rings. The third-order valence-electron chi connectivity index (χ3n) is 3.92. The van der Waals surface area contributed by atoms with Crippen molar-refractivity contribution in [3.8, 4) is 11.4 Å². The van der Waals surface area contributed by atoms with E-state index < -0.39 is 0 Å². The summed E-state index contributed by atoms with van der Waals surface area (Å²) in [4.78, 5) is 0. The van der Waals surface area contributed by atoms with Crippen LogP contribution in [0, 0.1) is 0 Å². The van der Waals surface area contributed by atoms with Crippen LogP contribution in [0.4, 0.5) is 5.82 Å². The lowest BCUT2D eigenvalue weighted by Crippen LogP contribution is -2.08. The highest BCUT2D eigenvalue weighted by molar-refractivity contribution is 6.30. The first-order valence-corrected chi connectivity index (χ1v) is 7.81. The van der Waals surface area contributed by atoms with E-state index in [2.05, 4.69) is 12.2 Å². The van der Waals surface area contributed by atoms with E-state index in [9.17, 15) is 0 Å². The Morgan fingerprint density at radius 2 is 2.24 bits per heavy atom. The summed E-state index contributed by atoms with van der Waals surface area (Å²) in [5.74, 6) is 1.86. The Morgan fingerprint density at radius 1 is 1.38 bits per heavy atom. The van der Waals surface area contributed by atoms with E-state index in [0.717, 1.165) is 42.3 Å². The van der Waals surface area contributed by atoms with Gasteiger partial charge < -0.3 is 10.1 Å². The molecular formula is C16H20ClN3O. The molecule has 1 aromatic carbocycles. The monoisotopic (exact) mass is 305 g/mol. The van der Waals surface area contributed by atoms with Gasteiger partial charge in [0.25, 0.3) is 0 Å². The molecule has 1 N–H and O–H groups in total. The van der Waals surface area contributed by atoms with Crippen LogP contribution in [0.3, 0.4) is 0 Å². The van der Waals surface area contributed by atoms with Gasteiger partial charge in [-0.1, -0.05) is 18.5 Å². The first-order valence-electron chi connectivity index (χ1n) is 7.43. The number of rotatable bonds is 3. The van der Waals surface area contributed by atoms with Crippen LogP contribution in [0.25, 0.3) is 5.69 Å². The topological polar surface area (TPSA) is 39.1 Å². The quantitative estimate of drug-likeness (QED) is 0.936. The van der Waals surface area contributed by atoms with Crippen LogP contribution in [0.2, 0.25) is 5.02 Å². The molecule has 4 nitrogen and oxygen atoms in total. The molecule has 0 aliphatic carbocycles. The zero-order valence-electron chi connectivity index (χ0n) is 12.4. The average molecular weight is 306 g/mol. The van der Waals surface area contributed by atoms with E-state index in [1.807, 2.05) is 22.9 Å². The summed E-state index contributed by atoms with van der Waals surface area (Å²) in [6.07, 6.45) is 4.39. The van der Waals surface area contributed by atoms with Crippen LogP contribution in [-0.2, 0) is 12.8 Å². The number of hydrogen-bond donors (Lipinski definition) is 1. The van der Waals surface area contributed by atoms with Crippen LogP contribution in [0.15, 0.2) is 18.2 Å². The maximum absolute atomic E-state index is 6.16. The van der Waals surface area contributed by atoms with Gasteiger partial charge in [0.15, 0.2) is 0 Å². The lowest BCUT2D eigenvalue weighted by Gasteiger charge is -2.13. The second kappa shape index (κ2) is 5.98. The third kappa shape index (κ3) is 2.60. The van der Waals surface area contributed by atoms with Gasteiger partial charge in [-0.15, -0.1) is 0 Å². The second-order valence-electron chi connectivity index (χ2n) is 5.24. The van der Waals surface area contributed by atoms with Gasteiger partial charge in [0.05, 0.1) is 12.8 Å². The van der Waals surface area contributed by atoms with E-state index in [1.165, 1.54) is 18.4 Å². The first kappa shape index (κ1) is 14.3. The van der Waals surface area contributed by atoms with Crippen LogP contribution in [0.1, 0.15) is 31.0 Å². The molecule has 112 valence electrons. The fourth-order valence-corrected chi connectivity index (χ4v) is 3.03. The molecule has 0 amide bonds. The summed E-state index contributed by atoms with van der Waals surface area (Å²) in [7, 11) is 1.67. The number of methoxy groups -OCH3 is 1. The van der Waals surface area contributed by atoms with Gasteiger partial charge in [0, 0.05) is 17.1 Å². The number of nitrogens with one attached hydrogen (secondary N) is 1. The van der Waals surface area contributed by atoms with Crippen molar-refractivity contribution in [2.24, 2.45) is 0 Å². The number of benzene rings is 1. The molecule has 0 unspecified atom stereocenters. The summed E-state index contributed by atoms with van der Waals surface area (Å²) in [5.41, 5.74) is 3.37. The molecular weight excluding hydrogens is 286 g/mol. The normalized spacial score (nSPS) is 14.2. The SMILES string of the molecule is CCc1nn(-c2cc(Cl)ccc2OC)c2c1CCCCN2. The lowest BCUT2D eigenvalue weighted by atomic mass is 10.1. The maximum Gasteiger partial charge on any atom is 0.144 e. The predicted octanol–water partition coefficient (Wildman–Crippen LogP) is 3.84. The molecule has 0 atom stereocenters. The van der Waals surface area contributed by atoms with E-state index in [1.54, 1.807) is 7.11 Å². The maximum atomic E-state index is 6.16. The standard InChI is InChI=1S/C16H20ClN3O/c1-3-13-12-6-4-5-9-18-16(12)20(19-13)14-10-11(17)7-8-15(14)21-2/h7-8,10,18H,3-6,9H2,1-2H3. The van der Waals surface area contributed by atoms with Gasteiger partial charge in [0.1, 0.15) is 17.3 Å². The third-order valence-corrected chi connectivity index (χ3v) is 4.15. The van der Waals surface area contributed by atoms with E-state index in [0.29, 0.717) is 5.02 Å². The van der Waals surface area contributed by atoms with Gasteiger partial charge in [-0.2, -0.15) is 5.10 Å². The molecule has 21 heavy (non-hydrogen) atoms. The number of aromatic nitrogens is 2. The highest BCUT2D eigenvalue weighted by Crippen LogP contribution is 2.33. The van der Waals surface area contributed by atoms with Gasteiger partial charge in [0.2, 0.25) is 0 Å². The number of halogens is 1. The van der Waals surface area contributed by atoms with Crippen molar-refractivity contribution in [2.75, 3.05) is 19.0 Å². The summed E-state index contributed by atoms with van der Waals surface area (Å²) in [5, 5.41) is 8.99. The number of ether oxygens (including phenoxy) is 1. The molecule has 0 saturated heterocycles. The van der Waals surface area contributed by atoms with Crippen molar-refractivity contribution < 1.29 is 4.74 Å². The number of nitrogens with zero attached hydrogens (tertiary/aromatic N) is 2. The van der Waals surface area contributed by atoms with Crippen LogP contribution >= 0.6 is 11.6 Å². The highest BCUT2D eigenvalue weighted by Gasteiger charge is 2.21. The Hall–Kier alpha value is -1.68. The Labute approximate surface area is 130 Å². The van der Waals surface area contributed by atoms with Gasteiger partial charge in [-0.3, -0.25) is 0 Å². The summed E-state index contributed by atoms with van der Waals surface area (Å²) < 4.78 is 7.42. The second-order valence-corrected chi connectivity index (χ2v) is 5.68. The number of aryl methyl sites for hydroxylation is 1. The first-order chi connectivity index (χ1) is 10.2. The smallest absolute Gasteiger partial charge is 0.144 e.